The van der Waals surface area contributed by atoms with Gasteiger partial charge in [0.2, 0.25) is 5.91 Å². The summed E-state index contributed by atoms with van der Waals surface area (Å²) in [4.78, 5) is 42.3. The van der Waals surface area contributed by atoms with Crippen molar-refractivity contribution in [1.82, 2.24) is 14.9 Å². The lowest BCUT2D eigenvalue weighted by Crippen LogP contribution is -2.45. The number of carbonyl (C=O) groups is 1. The molecule has 188 valence electrons. The number of amides is 1. The van der Waals surface area contributed by atoms with E-state index in [0.717, 1.165) is 29.2 Å². The minimum atomic E-state index is -0.639. The van der Waals surface area contributed by atoms with Crippen LogP contribution in [0.2, 0.25) is 0 Å². The molecule has 1 aromatic heterocycles. The van der Waals surface area contributed by atoms with Crippen molar-refractivity contribution >= 4 is 28.2 Å². The number of carbonyl (C=O) groups excluding carboxylic acids is 1. The summed E-state index contributed by atoms with van der Waals surface area (Å²) in [6.45, 7) is 8.86. The van der Waals surface area contributed by atoms with E-state index in [9.17, 15) is 14.4 Å². The van der Waals surface area contributed by atoms with Gasteiger partial charge >= 0.3 is 5.69 Å². The van der Waals surface area contributed by atoms with E-state index in [4.69, 9.17) is 5.73 Å². The first kappa shape index (κ1) is 26.2. The van der Waals surface area contributed by atoms with E-state index in [2.05, 4.69) is 48.4 Å². The fourth-order valence-electron chi connectivity index (χ4n) is 4.06. The van der Waals surface area contributed by atoms with Crippen LogP contribution in [0.25, 0.3) is 10.8 Å². The number of anilines is 2. The Labute approximate surface area is 206 Å². The van der Waals surface area contributed by atoms with E-state index >= 15 is 0 Å². The van der Waals surface area contributed by atoms with Gasteiger partial charge in [0.25, 0.3) is 5.56 Å². The molecule has 0 aliphatic rings. The molecule has 1 amide bonds. The molecule has 0 aliphatic carbocycles. The normalized spacial score (nSPS) is 12.3. The zero-order valence-electron chi connectivity index (χ0n) is 21.1. The van der Waals surface area contributed by atoms with Crippen LogP contribution in [0, 0.1) is 5.92 Å². The van der Waals surface area contributed by atoms with Crippen molar-refractivity contribution in [2.24, 2.45) is 5.92 Å². The second-order valence-corrected chi connectivity index (χ2v) is 9.44. The van der Waals surface area contributed by atoms with Crippen LogP contribution in [0.1, 0.15) is 58.6 Å². The highest BCUT2D eigenvalue weighted by atomic mass is 16.2. The number of hydrogen-bond donors (Lipinski definition) is 3. The monoisotopic (exact) mass is 479 g/mol. The Balaban J connectivity index is 1.84. The molecule has 4 N–H and O–H groups in total. The first-order valence-corrected chi connectivity index (χ1v) is 12.4. The molecular formula is C27H37N5O3. The highest BCUT2D eigenvalue weighted by Crippen LogP contribution is 2.21. The molecule has 0 aliphatic heterocycles. The first-order valence-electron chi connectivity index (χ1n) is 12.4. The van der Waals surface area contributed by atoms with Gasteiger partial charge in [-0.15, -0.1) is 0 Å². The maximum atomic E-state index is 13.4. The smallest absolute Gasteiger partial charge is 0.330 e. The van der Waals surface area contributed by atoms with Crippen molar-refractivity contribution in [2.75, 3.05) is 23.7 Å². The zero-order chi connectivity index (χ0) is 25.5. The lowest BCUT2D eigenvalue weighted by Gasteiger charge is -2.26. The number of aromatic amines is 1. The molecule has 3 aromatic rings. The number of H-pyrrole nitrogens is 1. The van der Waals surface area contributed by atoms with Crippen LogP contribution < -0.4 is 27.2 Å². The van der Waals surface area contributed by atoms with E-state index < -0.39 is 11.2 Å². The molecule has 8 nitrogen and oxygen atoms in total. The van der Waals surface area contributed by atoms with Gasteiger partial charge in [-0.05, 0) is 48.1 Å². The van der Waals surface area contributed by atoms with Gasteiger partial charge in [-0.2, -0.15) is 0 Å². The Morgan fingerprint density at radius 1 is 1.11 bits per heavy atom. The van der Waals surface area contributed by atoms with Gasteiger partial charge in [-0.25, -0.2) is 4.79 Å². The molecule has 0 unspecified atom stereocenters. The molecule has 1 atom stereocenters. The number of fused-ring (bicyclic) bond motifs is 1. The lowest BCUT2D eigenvalue weighted by atomic mass is 10.0. The second kappa shape index (κ2) is 11.8. The molecule has 1 heterocycles. The van der Waals surface area contributed by atoms with Crippen molar-refractivity contribution in [2.45, 2.75) is 59.5 Å². The number of nitrogens with one attached hydrogen (secondary N) is 2. The molecule has 0 saturated carbocycles. The number of benzene rings is 2. The van der Waals surface area contributed by atoms with E-state index in [0.29, 0.717) is 25.4 Å². The Bertz CT molecular complexity index is 1280. The van der Waals surface area contributed by atoms with Crippen LogP contribution in [0.5, 0.6) is 0 Å². The lowest BCUT2D eigenvalue weighted by molar-refractivity contribution is -0.118. The predicted molar refractivity (Wildman–Crippen MR) is 143 cm³/mol. The van der Waals surface area contributed by atoms with Gasteiger partial charge in [0.05, 0.1) is 6.54 Å². The highest BCUT2D eigenvalue weighted by Gasteiger charge is 2.24. The maximum Gasteiger partial charge on any atom is 0.330 e. The largest absolute Gasteiger partial charge is 0.383 e. The predicted octanol–water partition coefficient (Wildman–Crippen LogP) is 3.80. The highest BCUT2D eigenvalue weighted by molar-refractivity contribution is 5.96. The Hall–Kier alpha value is -3.39. The van der Waals surface area contributed by atoms with E-state index in [1.807, 2.05) is 32.0 Å². The summed E-state index contributed by atoms with van der Waals surface area (Å²) in [5, 5.41) is 5.58. The molecule has 0 saturated heterocycles. The molecule has 3 rings (SSSR count). The molecule has 0 bridgehead atoms. The summed E-state index contributed by atoms with van der Waals surface area (Å²) in [6, 6.07) is 14.3. The topological polar surface area (TPSA) is 113 Å². The standard InChI is InChI=1S/C27H37N5O3/c1-5-6-14-32-25(28)24(26(34)30-27(32)35)31(15-13-18(2)3)23(33)17-29-19(4)21-12-11-20-9-7-8-10-22(20)16-21/h7-12,16,18-19,29H,5-6,13-15,17,28H2,1-4H3,(H,30,34,35)/t19-/m0/s1. The van der Waals surface area contributed by atoms with Crippen LogP contribution >= 0.6 is 0 Å². The Morgan fingerprint density at radius 2 is 1.83 bits per heavy atom. The van der Waals surface area contributed by atoms with Gasteiger partial charge in [0.15, 0.2) is 5.69 Å². The first-order chi connectivity index (χ1) is 16.7. The van der Waals surface area contributed by atoms with Gasteiger partial charge in [0, 0.05) is 19.1 Å². The second-order valence-electron chi connectivity index (χ2n) is 9.44. The third-order valence-electron chi connectivity index (χ3n) is 6.28. The number of nitrogens with zero attached hydrogens (tertiary/aromatic N) is 2. The summed E-state index contributed by atoms with van der Waals surface area (Å²) in [6.07, 6.45) is 2.30. The Morgan fingerprint density at radius 3 is 2.51 bits per heavy atom. The molecule has 0 radical (unpaired) electrons. The van der Waals surface area contributed by atoms with Crippen LogP contribution in [0.3, 0.4) is 0 Å². The average molecular weight is 480 g/mol. The van der Waals surface area contributed by atoms with E-state index in [-0.39, 0.29) is 30.0 Å². The fourth-order valence-corrected chi connectivity index (χ4v) is 4.06. The number of rotatable bonds is 11. The summed E-state index contributed by atoms with van der Waals surface area (Å²) in [5.41, 5.74) is 6.22. The minimum Gasteiger partial charge on any atom is -0.383 e. The SMILES string of the molecule is CCCCn1c(N)c(N(CCC(C)C)C(=O)CN[C@@H](C)c2ccc3ccccc3c2)c(=O)[nH]c1=O. The maximum absolute atomic E-state index is 13.4. The average Bonchev–Trinajstić information content (AvgIpc) is 2.83. The molecule has 0 fully saturated rings. The van der Waals surface area contributed by atoms with Gasteiger partial charge in [0.1, 0.15) is 5.82 Å². The molecule has 8 heteroatoms. The number of nitrogen functional groups attached to an aromatic ring is 1. The number of nitrogens with two attached hydrogens (primary N) is 1. The van der Waals surface area contributed by atoms with Gasteiger partial charge in [-0.3, -0.25) is 19.1 Å². The van der Waals surface area contributed by atoms with Crippen molar-refractivity contribution in [3.8, 4) is 0 Å². The fraction of sp³-hybridized carbons (Fsp3) is 0.444. The summed E-state index contributed by atoms with van der Waals surface area (Å²) >= 11 is 0. The van der Waals surface area contributed by atoms with Crippen LogP contribution in [0.15, 0.2) is 52.1 Å². The van der Waals surface area contributed by atoms with Crippen molar-refractivity contribution in [3.63, 3.8) is 0 Å². The van der Waals surface area contributed by atoms with Crippen LogP contribution in [0.4, 0.5) is 11.5 Å². The van der Waals surface area contributed by atoms with Crippen LogP contribution in [-0.2, 0) is 11.3 Å². The quantitative estimate of drug-likeness (QED) is 0.387. The summed E-state index contributed by atoms with van der Waals surface area (Å²) in [7, 11) is 0. The third-order valence-corrected chi connectivity index (χ3v) is 6.28. The minimum absolute atomic E-state index is 0.0268. The Kier molecular flexibility index (Phi) is 8.87. The van der Waals surface area contributed by atoms with Crippen LogP contribution in [-0.4, -0.2) is 28.5 Å². The number of aromatic nitrogens is 2. The molecule has 2 aromatic carbocycles. The number of unbranched alkanes of at least 4 members (excludes halogenated alkanes) is 1. The third kappa shape index (κ3) is 6.39. The zero-order valence-corrected chi connectivity index (χ0v) is 21.1. The summed E-state index contributed by atoms with van der Waals surface area (Å²) < 4.78 is 1.35. The van der Waals surface area contributed by atoms with E-state index in [1.165, 1.54) is 9.47 Å². The van der Waals surface area contributed by atoms with Crippen molar-refractivity contribution in [3.05, 3.63) is 68.9 Å². The van der Waals surface area contributed by atoms with Gasteiger partial charge < -0.3 is 16.0 Å². The van der Waals surface area contributed by atoms with E-state index in [1.54, 1.807) is 0 Å². The molecular weight excluding hydrogens is 442 g/mol. The van der Waals surface area contributed by atoms with Crippen molar-refractivity contribution in [1.29, 1.82) is 0 Å². The molecule has 35 heavy (non-hydrogen) atoms. The molecule has 0 spiro atoms. The number of hydrogen-bond acceptors (Lipinski definition) is 5. The van der Waals surface area contributed by atoms with Crippen molar-refractivity contribution < 1.29 is 4.79 Å². The summed E-state index contributed by atoms with van der Waals surface area (Å²) in [5.74, 6) is 0.0872. The van der Waals surface area contributed by atoms with Gasteiger partial charge in [-0.1, -0.05) is 63.6 Å².